The van der Waals surface area contributed by atoms with Crippen LogP contribution < -0.4 is 19.7 Å². The summed E-state index contributed by atoms with van der Waals surface area (Å²) in [5.41, 5.74) is 0.761. The van der Waals surface area contributed by atoms with Crippen molar-refractivity contribution in [3.63, 3.8) is 0 Å². The van der Waals surface area contributed by atoms with Gasteiger partial charge >= 0.3 is 6.03 Å². The van der Waals surface area contributed by atoms with Gasteiger partial charge in [-0.05, 0) is 24.5 Å². The molecule has 1 aromatic rings. The first-order valence-corrected chi connectivity index (χ1v) is 8.77. The van der Waals surface area contributed by atoms with Crippen molar-refractivity contribution < 1.29 is 19.1 Å². The van der Waals surface area contributed by atoms with Crippen LogP contribution in [-0.4, -0.2) is 56.2 Å². The summed E-state index contributed by atoms with van der Waals surface area (Å²) in [6.07, 6.45) is 0.934. The van der Waals surface area contributed by atoms with Crippen molar-refractivity contribution >= 4 is 17.6 Å². The van der Waals surface area contributed by atoms with E-state index in [1.807, 2.05) is 18.2 Å². The molecule has 2 aliphatic rings. The largest absolute Gasteiger partial charge is 0.486 e. The molecule has 0 atom stereocenters. The van der Waals surface area contributed by atoms with E-state index in [2.05, 4.69) is 19.2 Å². The third-order valence-electron chi connectivity index (χ3n) is 4.31. The minimum absolute atomic E-state index is 0.0952. The van der Waals surface area contributed by atoms with Crippen molar-refractivity contribution in [2.45, 2.75) is 20.3 Å². The van der Waals surface area contributed by atoms with Crippen molar-refractivity contribution in [2.24, 2.45) is 5.92 Å². The Labute approximate surface area is 147 Å². The molecule has 0 saturated carbocycles. The van der Waals surface area contributed by atoms with E-state index >= 15 is 0 Å². The summed E-state index contributed by atoms with van der Waals surface area (Å²) < 4.78 is 11.1. The summed E-state index contributed by atoms with van der Waals surface area (Å²) in [5, 5.41) is 2.87. The number of benzene rings is 1. The summed E-state index contributed by atoms with van der Waals surface area (Å²) in [7, 11) is 0. The minimum Gasteiger partial charge on any atom is -0.486 e. The molecule has 0 spiro atoms. The number of amides is 3. The molecular formula is C18H25N3O4. The van der Waals surface area contributed by atoms with E-state index in [0.717, 1.165) is 12.1 Å². The number of nitrogens with zero attached hydrogens (tertiary/aromatic N) is 2. The third-order valence-corrected chi connectivity index (χ3v) is 4.31. The molecule has 7 nitrogen and oxygen atoms in total. The maximum absolute atomic E-state index is 12.6. The van der Waals surface area contributed by atoms with Crippen LogP contribution in [0.25, 0.3) is 0 Å². The van der Waals surface area contributed by atoms with E-state index < -0.39 is 0 Å². The lowest BCUT2D eigenvalue weighted by Gasteiger charge is -2.22. The second kappa shape index (κ2) is 7.63. The van der Waals surface area contributed by atoms with Gasteiger partial charge in [0.2, 0.25) is 5.91 Å². The molecular weight excluding hydrogens is 322 g/mol. The summed E-state index contributed by atoms with van der Waals surface area (Å²) in [6.45, 7) is 7.09. The molecule has 1 N–H and O–H groups in total. The molecule has 136 valence electrons. The van der Waals surface area contributed by atoms with E-state index in [-0.39, 0.29) is 18.5 Å². The summed E-state index contributed by atoms with van der Waals surface area (Å²) in [6, 6.07) is 5.32. The van der Waals surface area contributed by atoms with Crippen LogP contribution in [0.1, 0.15) is 20.3 Å². The molecule has 3 amide bonds. The Morgan fingerprint density at radius 3 is 2.72 bits per heavy atom. The fourth-order valence-electron chi connectivity index (χ4n) is 2.90. The Balaban J connectivity index is 1.57. The molecule has 0 aliphatic carbocycles. The number of carbonyl (C=O) groups is 2. The van der Waals surface area contributed by atoms with Crippen LogP contribution in [0.2, 0.25) is 0 Å². The van der Waals surface area contributed by atoms with Crippen LogP contribution in [0.5, 0.6) is 11.5 Å². The summed E-state index contributed by atoms with van der Waals surface area (Å²) >= 11 is 0. The number of hydrogen-bond donors (Lipinski definition) is 1. The SMILES string of the molecule is CC(C)CCNC(=O)CN1CCN(c2ccc3c(c2)OCCO3)C1=O. The van der Waals surface area contributed by atoms with Gasteiger partial charge in [-0.25, -0.2) is 4.79 Å². The van der Waals surface area contributed by atoms with Crippen LogP contribution in [0.15, 0.2) is 18.2 Å². The smallest absolute Gasteiger partial charge is 0.325 e. The number of fused-ring (bicyclic) bond motifs is 1. The zero-order chi connectivity index (χ0) is 17.8. The molecule has 0 radical (unpaired) electrons. The van der Waals surface area contributed by atoms with Crippen molar-refractivity contribution in [3.8, 4) is 11.5 Å². The number of nitrogens with one attached hydrogen (secondary N) is 1. The Morgan fingerprint density at radius 2 is 1.96 bits per heavy atom. The van der Waals surface area contributed by atoms with Crippen LogP contribution in [0.4, 0.5) is 10.5 Å². The van der Waals surface area contributed by atoms with Crippen LogP contribution in [0.3, 0.4) is 0 Å². The molecule has 7 heteroatoms. The predicted molar refractivity (Wildman–Crippen MR) is 94.2 cm³/mol. The first-order valence-electron chi connectivity index (χ1n) is 8.77. The van der Waals surface area contributed by atoms with E-state index in [1.165, 1.54) is 0 Å². The molecule has 2 aliphatic heterocycles. The van der Waals surface area contributed by atoms with Gasteiger partial charge in [0.05, 0.1) is 0 Å². The first-order chi connectivity index (χ1) is 12.0. The number of carbonyl (C=O) groups excluding carboxylic acids is 2. The van der Waals surface area contributed by atoms with Gasteiger partial charge in [0.1, 0.15) is 19.8 Å². The topological polar surface area (TPSA) is 71.1 Å². The van der Waals surface area contributed by atoms with Gasteiger partial charge in [0.25, 0.3) is 0 Å². The van der Waals surface area contributed by atoms with Crippen molar-refractivity contribution in [2.75, 3.05) is 44.3 Å². The number of hydrogen-bond acceptors (Lipinski definition) is 4. The molecule has 1 aromatic carbocycles. The second-order valence-corrected chi connectivity index (χ2v) is 6.72. The second-order valence-electron chi connectivity index (χ2n) is 6.72. The van der Waals surface area contributed by atoms with Gasteiger partial charge in [-0.15, -0.1) is 0 Å². The van der Waals surface area contributed by atoms with Crippen molar-refractivity contribution in [1.82, 2.24) is 10.2 Å². The standard InChI is InChI=1S/C18H25N3O4/c1-13(2)5-6-19-17(22)12-20-7-8-21(18(20)23)14-3-4-15-16(11-14)25-10-9-24-15/h3-4,11,13H,5-10,12H2,1-2H3,(H,19,22). The van der Waals surface area contributed by atoms with Gasteiger partial charge in [-0.2, -0.15) is 0 Å². The third kappa shape index (κ3) is 4.15. The Bertz CT molecular complexity index is 647. The fraction of sp³-hybridized carbons (Fsp3) is 0.556. The average Bonchev–Trinajstić information content (AvgIpc) is 2.95. The quantitative estimate of drug-likeness (QED) is 0.853. The lowest BCUT2D eigenvalue weighted by Crippen LogP contribution is -2.40. The molecule has 0 aromatic heterocycles. The molecule has 0 bridgehead atoms. The van der Waals surface area contributed by atoms with Crippen LogP contribution >= 0.6 is 0 Å². The number of rotatable bonds is 6. The van der Waals surface area contributed by atoms with Gasteiger partial charge in [-0.1, -0.05) is 13.8 Å². The molecule has 1 fully saturated rings. The highest BCUT2D eigenvalue weighted by molar-refractivity contribution is 5.96. The predicted octanol–water partition coefficient (Wildman–Crippen LogP) is 1.86. The Kier molecular flexibility index (Phi) is 5.31. The lowest BCUT2D eigenvalue weighted by molar-refractivity contribution is -0.121. The molecule has 3 rings (SSSR count). The van der Waals surface area contributed by atoms with E-state index in [0.29, 0.717) is 50.3 Å². The zero-order valence-corrected chi connectivity index (χ0v) is 14.8. The number of anilines is 1. The van der Waals surface area contributed by atoms with Crippen LogP contribution in [0, 0.1) is 5.92 Å². The molecule has 25 heavy (non-hydrogen) atoms. The fourth-order valence-corrected chi connectivity index (χ4v) is 2.90. The highest BCUT2D eigenvalue weighted by Crippen LogP contribution is 2.34. The lowest BCUT2D eigenvalue weighted by atomic mass is 10.1. The van der Waals surface area contributed by atoms with Gasteiger partial charge < -0.3 is 19.7 Å². The molecule has 0 unspecified atom stereocenters. The molecule has 1 saturated heterocycles. The average molecular weight is 347 g/mol. The highest BCUT2D eigenvalue weighted by Gasteiger charge is 2.31. The normalized spacial score (nSPS) is 16.5. The van der Waals surface area contributed by atoms with Crippen LogP contribution in [-0.2, 0) is 4.79 Å². The van der Waals surface area contributed by atoms with E-state index in [4.69, 9.17) is 9.47 Å². The maximum Gasteiger partial charge on any atom is 0.325 e. The van der Waals surface area contributed by atoms with E-state index in [9.17, 15) is 9.59 Å². The molecule has 2 heterocycles. The first kappa shape index (κ1) is 17.4. The Hall–Kier alpha value is -2.44. The summed E-state index contributed by atoms with van der Waals surface area (Å²) in [4.78, 5) is 27.8. The maximum atomic E-state index is 12.6. The number of urea groups is 1. The zero-order valence-electron chi connectivity index (χ0n) is 14.8. The Morgan fingerprint density at radius 1 is 1.20 bits per heavy atom. The summed E-state index contributed by atoms with van der Waals surface area (Å²) in [5.74, 6) is 1.78. The number of ether oxygens (including phenoxy) is 2. The van der Waals surface area contributed by atoms with Gasteiger partial charge in [-0.3, -0.25) is 9.69 Å². The highest BCUT2D eigenvalue weighted by atomic mass is 16.6. The van der Waals surface area contributed by atoms with Gasteiger partial charge in [0, 0.05) is 31.4 Å². The van der Waals surface area contributed by atoms with Gasteiger partial charge in [0.15, 0.2) is 11.5 Å². The van der Waals surface area contributed by atoms with Crippen molar-refractivity contribution in [3.05, 3.63) is 18.2 Å². The van der Waals surface area contributed by atoms with Crippen molar-refractivity contribution in [1.29, 1.82) is 0 Å². The minimum atomic E-state index is -0.157. The van der Waals surface area contributed by atoms with E-state index in [1.54, 1.807) is 9.80 Å². The monoisotopic (exact) mass is 347 g/mol.